The summed E-state index contributed by atoms with van der Waals surface area (Å²) in [5.74, 6) is 5.24. The van der Waals surface area contributed by atoms with Gasteiger partial charge in [-0.3, -0.25) is 16.0 Å². The van der Waals surface area contributed by atoms with Crippen molar-refractivity contribution in [3.8, 4) is 0 Å². The van der Waals surface area contributed by atoms with Crippen LogP contribution in [-0.2, 0) is 18.0 Å². The number of hydrogen-bond acceptors (Lipinski definition) is 5. The molecule has 0 bridgehead atoms. The van der Waals surface area contributed by atoms with E-state index in [2.05, 4.69) is 21.4 Å². The van der Waals surface area contributed by atoms with Gasteiger partial charge >= 0.3 is 0 Å². The van der Waals surface area contributed by atoms with Crippen LogP contribution in [0.4, 0.5) is 11.4 Å². The number of halogens is 1. The molecule has 0 amide bonds. The molecule has 0 fully saturated rings. The molecule has 0 aliphatic heterocycles. The Morgan fingerprint density at radius 3 is 2.67 bits per heavy atom. The van der Waals surface area contributed by atoms with E-state index < -0.39 is 4.92 Å². The standard InChI is InChI=1S/C14H14BrN3O3/c15-12-4-2-1-3-11(12)9-21-8-10-5-6-13(17-16)14(7-10)18(19)20/h1-7,17H,8-9,16H2. The molecule has 0 aliphatic carbocycles. The summed E-state index contributed by atoms with van der Waals surface area (Å²) in [7, 11) is 0. The first-order valence-electron chi connectivity index (χ1n) is 6.17. The van der Waals surface area contributed by atoms with Crippen LogP contribution in [-0.4, -0.2) is 4.92 Å². The minimum Gasteiger partial charge on any atom is -0.372 e. The number of rotatable bonds is 6. The van der Waals surface area contributed by atoms with E-state index in [1.165, 1.54) is 6.07 Å². The van der Waals surface area contributed by atoms with Crippen molar-refractivity contribution in [2.45, 2.75) is 13.2 Å². The molecule has 2 aromatic carbocycles. The van der Waals surface area contributed by atoms with Gasteiger partial charge in [0.15, 0.2) is 0 Å². The quantitative estimate of drug-likeness (QED) is 0.473. The van der Waals surface area contributed by atoms with Crippen LogP contribution in [0.2, 0.25) is 0 Å². The molecule has 2 aromatic rings. The second-order valence-electron chi connectivity index (χ2n) is 4.34. The molecule has 110 valence electrons. The Kier molecular flexibility index (Phi) is 5.26. The van der Waals surface area contributed by atoms with Crippen molar-refractivity contribution in [2.24, 2.45) is 5.84 Å². The summed E-state index contributed by atoms with van der Waals surface area (Å²) in [6.45, 7) is 0.707. The van der Waals surface area contributed by atoms with E-state index in [1.54, 1.807) is 12.1 Å². The minimum atomic E-state index is -0.480. The van der Waals surface area contributed by atoms with Crippen LogP contribution in [0.3, 0.4) is 0 Å². The van der Waals surface area contributed by atoms with Crippen molar-refractivity contribution in [3.63, 3.8) is 0 Å². The van der Waals surface area contributed by atoms with Crippen molar-refractivity contribution in [3.05, 3.63) is 68.2 Å². The van der Waals surface area contributed by atoms with Crippen LogP contribution in [0.25, 0.3) is 0 Å². The molecule has 0 radical (unpaired) electrons. The second-order valence-corrected chi connectivity index (χ2v) is 5.19. The molecule has 0 saturated heterocycles. The number of hydrazine groups is 1. The maximum Gasteiger partial charge on any atom is 0.294 e. The lowest BCUT2D eigenvalue weighted by Gasteiger charge is -2.08. The summed E-state index contributed by atoms with van der Waals surface area (Å²) in [4.78, 5) is 10.5. The van der Waals surface area contributed by atoms with E-state index in [-0.39, 0.29) is 18.0 Å². The Balaban J connectivity index is 2.02. The van der Waals surface area contributed by atoms with E-state index in [0.29, 0.717) is 12.2 Å². The van der Waals surface area contributed by atoms with Gasteiger partial charge in [0.1, 0.15) is 5.69 Å². The van der Waals surface area contributed by atoms with E-state index in [4.69, 9.17) is 10.6 Å². The van der Waals surface area contributed by atoms with E-state index >= 15 is 0 Å². The average molecular weight is 352 g/mol. The third-order valence-corrected chi connectivity index (χ3v) is 3.67. The molecule has 7 heteroatoms. The molecule has 0 unspecified atom stereocenters. The lowest BCUT2D eigenvalue weighted by Crippen LogP contribution is -2.09. The Bertz CT molecular complexity index is 649. The maximum atomic E-state index is 10.9. The van der Waals surface area contributed by atoms with Gasteiger partial charge in [0.05, 0.1) is 18.1 Å². The highest BCUT2D eigenvalue weighted by atomic mass is 79.9. The summed E-state index contributed by atoms with van der Waals surface area (Å²) in [6, 6.07) is 12.5. The molecule has 0 saturated carbocycles. The molecule has 0 aliphatic rings. The number of anilines is 1. The van der Waals surface area contributed by atoms with Gasteiger partial charge in [-0.05, 0) is 23.3 Å². The lowest BCUT2D eigenvalue weighted by molar-refractivity contribution is -0.384. The molecule has 6 nitrogen and oxygen atoms in total. The molecule has 2 rings (SSSR count). The number of nitrogens with one attached hydrogen (secondary N) is 1. The first-order valence-corrected chi connectivity index (χ1v) is 6.96. The number of nitro benzene ring substituents is 1. The van der Waals surface area contributed by atoms with Crippen molar-refractivity contribution in [1.82, 2.24) is 0 Å². The van der Waals surface area contributed by atoms with Gasteiger partial charge in [-0.2, -0.15) is 0 Å². The normalized spacial score (nSPS) is 10.4. The monoisotopic (exact) mass is 351 g/mol. The number of benzene rings is 2. The van der Waals surface area contributed by atoms with Gasteiger partial charge in [-0.25, -0.2) is 0 Å². The van der Waals surface area contributed by atoms with Crippen molar-refractivity contribution >= 4 is 27.3 Å². The molecule has 3 N–H and O–H groups in total. The fraction of sp³-hybridized carbons (Fsp3) is 0.143. The van der Waals surface area contributed by atoms with Gasteiger partial charge < -0.3 is 10.2 Å². The van der Waals surface area contributed by atoms with E-state index in [9.17, 15) is 10.1 Å². The van der Waals surface area contributed by atoms with Gasteiger partial charge in [-0.15, -0.1) is 0 Å². The highest BCUT2D eigenvalue weighted by Crippen LogP contribution is 2.25. The SMILES string of the molecule is NNc1ccc(COCc2ccccc2Br)cc1[N+](=O)[O-]. The number of nitrogens with two attached hydrogens (primary N) is 1. The third kappa shape index (κ3) is 4.01. The van der Waals surface area contributed by atoms with Gasteiger partial charge in [0.25, 0.3) is 5.69 Å². The number of nitrogens with zero attached hydrogens (tertiary/aromatic N) is 1. The number of hydrogen-bond donors (Lipinski definition) is 2. The Morgan fingerprint density at radius 2 is 2.00 bits per heavy atom. The summed E-state index contributed by atoms with van der Waals surface area (Å²) < 4.78 is 6.56. The Hall–Kier alpha value is -1.96. The zero-order valence-corrected chi connectivity index (χ0v) is 12.7. The fourth-order valence-corrected chi connectivity index (χ4v) is 2.23. The molecular formula is C14H14BrN3O3. The number of nitro groups is 1. The summed E-state index contributed by atoms with van der Waals surface area (Å²) in [6.07, 6.45) is 0. The number of ether oxygens (including phenoxy) is 1. The van der Waals surface area contributed by atoms with Crippen LogP contribution in [0.15, 0.2) is 46.9 Å². The maximum absolute atomic E-state index is 10.9. The van der Waals surface area contributed by atoms with Crippen molar-refractivity contribution in [1.29, 1.82) is 0 Å². The molecule has 0 atom stereocenters. The topological polar surface area (TPSA) is 90.4 Å². The molecule has 0 spiro atoms. The van der Waals surface area contributed by atoms with Crippen LogP contribution < -0.4 is 11.3 Å². The lowest BCUT2D eigenvalue weighted by atomic mass is 10.2. The van der Waals surface area contributed by atoms with Crippen molar-refractivity contribution in [2.75, 3.05) is 5.43 Å². The first-order chi connectivity index (χ1) is 10.1. The zero-order chi connectivity index (χ0) is 15.2. The van der Waals surface area contributed by atoms with Crippen LogP contribution in [0.5, 0.6) is 0 Å². The average Bonchev–Trinajstić information content (AvgIpc) is 2.49. The van der Waals surface area contributed by atoms with E-state index in [0.717, 1.165) is 10.0 Å². The molecule has 21 heavy (non-hydrogen) atoms. The fourth-order valence-electron chi connectivity index (χ4n) is 1.83. The zero-order valence-electron chi connectivity index (χ0n) is 11.1. The minimum absolute atomic E-state index is 0.0699. The smallest absolute Gasteiger partial charge is 0.294 e. The molecular weight excluding hydrogens is 338 g/mol. The van der Waals surface area contributed by atoms with Gasteiger partial charge in [0, 0.05) is 10.5 Å². The predicted octanol–water partition coefficient (Wildman–Crippen LogP) is 3.36. The molecule has 0 aromatic heterocycles. The third-order valence-electron chi connectivity index (χ3n) is 2.90. The molecule has 0 heterocycles. The summed E-state index contributed by atoms with van der Waals surface area (Å²) in [5.41, 5.74) is 4.24. The summed E-state index contributed by atoms with van der Waals surface area (Å²) in [5, 5.41) is 10.9. The van der Waals surface area contributed by atoms with Gasteiger partial charge in [0.2, 0.25) is 0 Å². The highest BCUT2D eigenvalue weighted by Gasteiger charge is 2.13. The highest BCUT2D eigenvalue weighted by molar-refractivity contribution is 9.10. The van der Waals surface area contributed by atoms with E-state index in [1.807, 2.05) is 24.3 Å². The first kappa shape index (κ1) is 15.4. The summed E-state index contributed by atoms with van der Waals surface area (Å²) >= 11 is 3.44. The largest absolute Gasteiger partial charge is 0.372 e. The van der Waals surface area contributed by atoms with Crippen LogP contribution in [0.1, 0.15) is 11.1 Å². The predicted molar refractivity (Wildman–Crippen MR) is 83.5 cm³/mol. The van der Waals surface area contributed by atoms with Crippen molar-refractivity contribution < 1.29 is 9.66 Å². The second kappa shape index (κ2) is 7.16. The Morgan fingerprint density at radius 1 is 1.24 bits per heavy atom. The number of nitrogen functional groups attached to an aromatic ring is 1. The Labute approximate surface area is 130 Å². The van der Waals surface area contributed by atoms with Crippen LogP contribution >= 0.6 is 15.9 Å². The van der Waals surface area contributed by atoms with Gasteiger partial charge in [-0.1, -0.05) is 40.2 Å². The van der Waals surface area contributed by atoms with Crippen LogP contribution in [0, 0.1) is 10.1 Å².